The maximum Gasteiger partial charge on any atom is 0.299 e. The summed E-state index contributed by atoms with van der Waals surface area (Å²) >= 11 is 6.15. The van der Waals surface area contributed by atoms with Crippen LogP contribution in [-0.4, -0.2) is 26.5 Å². The molecule has 1 aliphatic rings. The average Bonchev–Trinajstić information content (AvgIpc) is 3.00. The fraction of sp³-hybridized carbons (Fsp3) is 0.286. The van der Waals surface area contributed by atoms with Gasteiger partial charge in [-0.25, -0.2) is 9.67 Å². The lowest BCUT2D eigenvalue weighted by Crippen LogP contribution is -2.30. The van der Waals surface area contributed by atoms with Gasteiger partial charge in [0.1, 0.15) is 12.2 Å². The number of amides is 1. The Kier molecular flexibility index (Phi) is 3.47. The quantitative estimate of drug-likeness (QED) is 0.811. The third kappa shape index (κ3) is 2.21. The van der Waals surface area contributed by atoms with E-state index in [1.165, 1.54) is 11.2 Å². The third-order valence-corrected chi connectivity index (χ3v) is 3.68. The summed E-state index contributed by atoms with van der Waals surface area (Å²) in [4.78, 5) is 29.7. The Bertz CT molecular complexity index is 726. The lowest BCUT2D eigenvalue weighted by Gasteiger charge is -2.17. The van der Waals surface area contributed by atoms with Crippen LogP contribution in [0.1, 0.15) is 29.5 Å². The normalized spacial score (nSPS) is 13.9. The number of para-hydroxylation sites is 1. The predicted octanol–water partition coefficient (Wildman–Crippen LogP) is 2.07. The SMILES string of the molecule is CCCn1ncnc1CN1C(=O)C(=O)c2cccc(Cl)c21. The van der Waals surface area contributed by atoms with Gasteiger partial charge in [-0.05, 0) is 18.6 Å². The third-order valence-electron chi connectivity index (χ3n) is 3.37. The number of rotatable bonds is 4. The number of hydrogen-bond acceptors (Lipinski definition) is 4. The summed E-state index contributed by atoms with van der Waals surface area (Å²) < 4.78 is 1.73. The summed E-state index contributed by atoms with van der Waals surface area (Å²) in [7, 11) is 0. The number of hydrogen-bond donors (Lipinski definition) is 0. The topological polar surface area (TPSA) is 68.1 Å². The van der Waals surface area contributed by atoms with Gasteiger partial charge in [-0.1, -0.05) is 24.6 Å². The van der Waals surface area contributed by atoms with Crippen molar-refractivity contribution in [2.75, 3.05) is 4.90 Å². The van der Waals surface area contributed by atoms with E-state index in [0.29, 0.717) is 28.6 Å². The summed E-state index contributed by atoms with van der Waals surface area (Å²) in [5.41, 5.74) is 0.800. The zero-order valence-electron chi connectivity index (χ0n) is 11.4. The molecule has 0 radical (unpaired) electrons. The van der Waals surface area contributed by atoms with Crippen LogP contribution in [0.3, 0.4) is 0 Å². The highest BCUT2D eigenvalue weighted by molar-refractivity contribution is 6.54. The van der Waals surface area contributed by atoms with E-state index in [4.69, 9.17) is 11.6 Å². The van der Waals surface area contributed by atoms with Crippen LogP contribution in [0.15, 0.2) is 24.5 Å². The molecule has 3 rings (SSSR count). The van der Waals surface area contributed by atoms with Crippen LogP contribution in [0.5, 0.6) is 0 Å². The molecular formula is C14H13ClN4O2. The molecule has 0 aliphatic carbocycles. The zero-order valence-corrected chi connectivity index (χ0v) is 12.2. The first-order valence-corrected chi connectivity index (χ1v) is 7.02. The van der Waals surface area contributed by atoms with Crippen LogP contribution in [-0.2, 0) is 17.9 Å². The van der Waals surface area contributed by atoms with Gasteiger partial charge in [-0.15, -0.1) is 0 Å². The Labute approximate surface area is 126 Å². The molecule has 1 aliphatic heterocycles. The van der Waals surface area contributed by atoms with E-state index in [2.05, 4.69) is 10.1 Å². The fourth-order valence-corrected chi connectivity index (χ4v) is 2.69. The summed E-state index contributed by atoms with van der Waals surface area (Å²) in [5, 5.41) is 4.50. The molecule has 6 nitrogen and oxygen atoms in total. The average molecular weight is 305 g/mol. The van der Waals surface area contributed by atoms with E-state index >= 15 is 0 Å². The van der Waals surface area contributed by atoms with Crippen LogP contribution in [0.25, 0.3) is 0 Å². The smallest absolute Gasteiger partial charge is 0.296 e. The monoisotopic (exact) mass is 304 g/mol. The number of benzene rings is 1. The van der Waals surface area contributed by atoms with Crippen molar-refractivity contribution in [2.45, 2.75) is 26.4 Å². The molecule has 21 heavy (non-hydrogen) atoms. The molecule has 0 spiro atoms. The number of aryl methyl sites for hydroxylation is 1. The lowest BCUT2D eigenvalue weighted by molar-refractivity contribution is -0.114. The Morgan fingerprint density at radius 3 is 2.86 bits per heavy atom. The summed E-state index contributed by atoms with van der Waals surface area (Å²) in [6.07, 6.45) is 2.35. The van der Waals surface area contributed by atoms with Crippen molar-refractivity contribution in [3.63, 3.8) is 0 Å². The molecule has 0 bridgehead atoms. The van der Waals surface area contributed by atoms with E-state index in [0.717, 1.165) is 6.42 Å². The second-order valence-electron chi connectivity index (χ2n) is 4.76. The Balaban J connectivity index is 1.98. The number of fused-ring (bicyclic) bond motifs is 1. The first-order chi connectivity index (χ1) is 10.1. The van der Waals surface area contributed by atoms with Crippen molar-refractivity contribution in [1.82, 2.24) is 14.8 Å². The van der Waals surface area contributed by atoms with Crippen LogP contribution < -0.4 is 4.90 Å². The number of ketones is 1. The molecule has 1 amide bonds. The fourth-order valence-electron chi connectivity index (χ4n) is 2.41. The highest BCUT2D eigenvalue weighted by Gasteiger charge is 2.37. The number of halogens is 1. The molecule has 1 aromatic carbocycles. The van der Waals surface area contributed by atoms with Crippen LogP contribution >= 0.6 is 11.6 Å². The number of aromatic nitrogens is 3. The molecule has 0 saturated heterocycles. The van der Waals surface area contributed by atoms with Crippen molar-refractivity contribution in [2.24, 2.45) is 0 Å². The van der Waals surface area contributed by atoms with Gasteiger partial charge in [-0.3, -0.25) is 14.5 Å². The first-order valence-electron chi connectivity index (χ1n) is 6.65. The second kappa shape index (κ2) is 5.29. The summed E-state index contributed by atoms with van der Waals surface area (Å²) in [5.74, 6) is -0.482. The standard InChI is InChI=1S/C14H13ClN4O2/c1-2-6-19-11(16-8-17-19)7-18-12-9(13(20)14(18)21)4-3-5-10(12)15/h3-5,8H,2,6-7H2,1H3. The molecule has 0 unspecified atom stereocenters. The van der Waals surface area contributed by atoms with Gasteiger partial charge in [0.05, 0.1) is 22.8 Å². The minimum absolute atomic E-state index is 0.182. The van der Waals surface area contributed by atoms with Gasteiger partial charge >= 0.3 is 0 Å². The van der Waals surface area contributed by atoms with Gasteiger partial charge in [0.15, 0.2) is 0 Å². The Morgan fingerprint density at radius 1 is 1.29 bits per heavy atom. The molecule has 1 aromatic heterocycles. The number of nitrogens with zero attached hydrogens (tertiary/aromatic N) is 4. The molecule has 0 N–H and O–H groups in total. The van der Waals surface area contributed by atoms with Crippen molar-refractivity contribution in [3.05, 3.63) is 40.9 Å². The maximum atomic E-state index is 12.2. The van der Waals surface area contributed by atoms with Crippen molar-refractivity contribution < 1.29 is 9.59 Å². The highest BCUT2D eigenvalue weighted by atomic mass is 35.5. The summed E-state index contributed by atoms with van der Waals surface area (Å²) in [6.45, 7) is 2.92. The van der Waals surface area contributed by atoms with E-state index in [-0.39, 0.29) is 6.54 Å². The van der Waals surface area contributed by atoms with Crippen LogP contribution in [0.4, 0.5) is 5.69 Å². The largest absolute Gasteiger partial charge is 0.299 e. The molecule has 2 heterocycles. The van der Waals surface area contributed by atoms with Crippen LogP contribution in [0, 0.1) is 0 Å². The Morgan fingerprint density at radius 2 is 2.10 bits per heavy atom. The molecule has 2 aromatic rings. The number of carbonyl (C=O) groups excluding carboxylic acids is 2. The number of anilines is 1. The maximum absolute atomic E-state index is 12.2. The lowest BCUT2D eigenvalue weighted by atomic mass is 10.1. The zero-order chi connectivity index (χ0) is 15.0. The van der Waals surface area contributed by atoms with E-state index in [1.54, 1.807) is 22.9 Å². The second-order valence-corrected chi connectivity index (χ2v) is 5.16. The molecule has 7 heteroatoms. The van der Waals surface area contributed by atoms with Crippen molar-refractivity contribution >= 4 is 29.0 Å². The minimum Gasteiger partial charge on any atom is -0.296 e. The van der Waals surface area contributed by atoms with Gasteiger partial charge in [0.25, 0.3) is 11.7 Å². The van der Waals surface area contributed by atoms with Crippen LogP contribution in [0.2, 0.25) is 5.02 Å². The van der Waals surface area contributed by atoms with Gasteiger partial charge in [-0.2, -0.15) is 5.10 Å². The molecule has 0 saturated carbocycles. The number of Topliss-reactive ketones (excluding diaryl/α,β-unsaturated/α-hetero) is 1. The van der Waals surface area contributed by atoms with Gasteiger partial charge in [0.2, 0.25) is 0 Å². The van der Waals surface area contributed by atoms with E-state index in [1.807, 2.05) is 6.92 Å². The van der Waals surface area contributed by atoms with Crippen molar-refractivity contribution in [1.29, 1.82) is 0 Å². The Hall–Kier alpha value is -2.21. The van der Waals surface area contributed by atoms with Gasteiger partial charge in [0, 0.05) is 6.54 Å². The predicted molar refractivity (Wildman–Crippen MR) is 77.3 cm³/mol. The summed E-state index contributed by atoms with van der Waals surface area (Å²) in [6, 6.07) is 4.93. The molecule has 0 fully saturated rings. The van der Waals surface area contributed by atoms with Gasteiger partial charge < -0.3 is 0 Å². The molecular weight excluding hydrogens is 292 g/mol. The van der Waals surface area contributed by atoms with E-state index in [9.17, 15) is 9.59 Å². The highest BCUT2D eigenvalue weighted by Crippen LogP contribution is 2.36. The molecule has 108 valence electrons. The molecule has 0 atom stereocenters. The number of carbonyl (C=O) groups is 2. The van der Waals surface area contributed by atoms with E-state index < -0.39 is 11.7 Å². The minimum atomic E-state index is -0.579. The first kappa shape index (κ1) is 13.8. The van der Waals surface area contributed by atoms with Crippen molar-refractivity contribution in [3.8, 4) is 0 Å².